The first-order chi connectivity index (χ1) is 17.1. The average Bonchev–Trinajstić information content (AvgIpc) is 3.51. The van der Waals surface area contributed by atoms with Gasteiger partial charge in [-0.2, -0.15) is 0 Å². The molecule has 0 fully saturated rings. The molecule has 1 unspecified atom stereocenters. The Hall–Kier alpha value is -3.75. The van der Waals surface area contributed by atoms with Crippen molar-refractivity contribution in [3.05, 3.63) is 113 Å². The van der Waals surface area contributed by atoms with Gasteiger partial charge < -0.3 is 9.47 Å². The summed E-state index contributed by atoms with van der Waals surface area (Å²) in [6.07, 6.45) is 1.87. The zero-order valence-electron chi connectivity index (χ0n) is 19.1. The number of hydrogen-bond donors (Lipinski definition) is 0. The Morgan fingerprint density at radius 3 is 2.51 bits per heavy atom. The van der Waals surface area contributed by atoms with E-state index in [4.69, 9.17) is 14.5 Å². The fraction of sp³-hybridized carbons (Fsp3) is 0.148. The van der Waals surface area contributed by atoms with Gasteiger partial charge in [0.1, 0.15) is 5.75 Å². The monoisotopic (exact) mass is 502 g/mol. The molecule has 5 rings (SSSR count). The van der Waals surface area contributed by atoms with Crippen LogP contribution in [0.3, 0.4) is 0 Å². The molecule has 176 valence electrons. The van der Waals surface area contributed by atoms with Gasteiger partial charge in [-0.25, -0.2) is 9.79 Å². The molecule has 2 aromatic heterocycles. The van der Waals surface area contributed by atoms with E-state index in [9.17, 15) is 9.59 Å². The van der Waals surface area contributed by atoms with E-state index in [1.54, 1.807) is 29.9 Å². The van der Waals surface area contributed by atoms with Crippen LogP contribution in [0.25, 0.3) is 11.8 Å². The third-order valence-electron chi connectivity index (χ3n) is 5.62. The van der Waals surface area contributed by atoms with Gasteiger partial charge in [0.25, 0.3) is 5.56 Å². The normalized spacial score (nSPS) is 15.5. The van der Waals surface area contributed by atoms with Crippen molar-refractivity contribution in [1.82, 2.24) is 4.57 Å². The number of aromatic nitrogens is 1. The summed E-state index contributed by atoms with van der Waals surface area (Å²) in [6.45, 7) is 1.97. The van der Waals surface area contributed by atoms with Crippen LogP contribution in [0.2, 0.25) is 0 Å². The molecule has 2 aromatic carbocycles. The van der Waals surface area contributed by atoms with Crippen LogP contribution in [-0.4, -0.2) is 24.3 Å². The van der Waals surface area contributed by atoms with E-state index in [0.29, 0.717) is 26.4 Å². The topological polar surface area (TPSA) is 69.9 Å². The number of esters is 1. The first kappa shape index (κ1) is 23.0. The predicted octanol–water partition coefficient (Wildman–Crippen LogP) is 4.01. The average molecular weight is 503 g/mol. The molecule has 0 saturated carbocycles. The number of nitrogens with zero attached hydrogens (tertiary/aromatic N) is 2. The Kier molecular flexibility index (Phi) is 6.48. The lowest BCUT2D eigenvalue weighted by Crippen LogP contribution is -2.39. The SMILES string of the molecule is CCOC(=O)C1=C(c2ccccc2)N=c2sc(=Cc3cccs3)c(=O)n2C1c1ccc(OC)cc1. The Morgan fingerprint density at radius 2 is 1.86 bits per heavy atom. The molecule has 0 N–H and O–H groups in total. The lowest BCUT2D eigenvalue weighted by Gasteiger charge is -2.26. The molecule has 6 nitrogen and oxygen atoms in total. The molecular weight excluding hydrogens is 480 g/mol. The number of benzene rings is 2. The van der Waals surface area contributed by atoms with Crippen LogP contribution < -0.4 is 19.6 Å². The summed E-state index contributed by atoms with van der Waals surface area (Å²) in [5.41, 5.74) is 2.19. The van der Waals surface area contributed by atoms with Gasteiger partial charge in [0.05, 0.1) is 35.6 Å². The maximum atomic E-state index is 13.7. The number of fused-ring (bicyclic) bond motifs is 1. The summed E-state index contributed by atoms with van der Waals surface area (Å²) in [5, 5.41) is 1.97. The fourth-order valence-corrected chi connectivity index (χ4v) is 5.77. The summed E-state index contributed by atoms with van der Waals surface area (Å²) in [5.74, 6) is 0.187. The minimum Gasteiger partial charge on any atom is -0.497 e. The van der Waals surface area contributed by atoms with Gasteiger partial charge in [-0.05, 0) is 42.1 Å². The number of carbonyl (C=O) groups is 1. The van der Waals surface area contributed by atoms with Gasteiger partial charge in [0, 0.05) is 10.4 Å². The first-order valence-corrected chi connectivity index (χ1v) is 12.8. The lowest BCUT2D eigenvalue weighted by atomic mass is 9.93. The molecule has 3 heterocycles. The van der Waals surface area contributed by atoms with Crippen LogP contribution >= 0.6 is 22.7 Å². The Bertz CT molecular complexity index is 1560. The van der Waals surface area contributed by atoms with E-state index in [-0.39, 0.29) is 12.2 Å². The summed E-state index contributed by atoms with van der Waals surface area (Å²) < 4.78 is 13.0. The molecule has 1 atom stereocenters. The summed E-state index contributed by atoms with van der Waals surface area (Å²) in [7, 11) is 1.60. The third-order valence-corrected chi connectivity index (χ3v) is 7.42. The maximum Gasteiger partial charge on any atom is 0.338 e. The number of ether oxygens (including phenoxy) is 2. The van der Waals surface area contributed by atoms with Gasteiger partial charge >= 0.3 is 5.97 Å². The van der Waals surface area contributed by atoms with Crippen molar-refractivity contribution < 1.29 is 14.3 Å². The standard InChI is InChI=1S/C27H22N2O4S2/c1-3-33-26(31)22-23(17-8-5-4-6-9-17)28-27-29(24(22)18-11-13-19(32-2)14-12-18)25(30)21(35-27)16-20-10-7-15-34-20/h4-16,24H,3H2,1-2H3. The van der Waals surface area contributed by atoms with Crippen molar-refractivity contribution in [3.8, 4) is 5.75 Å². The summed E-state index contributed by atoms with van der Waals surface area (Å²) >= 11 is 2.87. The number of thiophene rings is 1. The number of thiazole rings is 1. The van der Waals surface area contributed by atoms with Crippen LogP contribution in [0.1, 0.15) is 29.0 Å². The smallest absolute Gasteiger partial charge is 0.338 e. The number of carbonyl (C=O) groups excluding carboxylic acids is 1. The molecule has 1 aliphatic heterocycles. The van der Waals surface area contributed by atoms with Crippen molar-refractivity contribution in [2.45, 2.75) is 13.0 Å². The van der Waals surface area contributed by atoms with E-state index < -0.39 is 12.0 Å². The number of methoxy groups -OCH3 is 1. The van der Waals surface area contributed by atoms with Crippen LogP contribution in [0.4, 0.5) is 0 Å². The van der Waals surface area contributed by atoms with E-state index >= 15 is 0 Å². The van der Waals surface area contributed by atoms with Gasteiger partial charge in [-0.1, -0.05) is 59.9 Å². The van der Waals surface area contributed by atoms with Crippen molar-refractivity contribution in [2.24, 2.45) is 4.99 Å². The second kappa shape index (κ2) is 9.85. The Labute approximate surface area is 209 Å². The molecule has 0 bridgehead atoms. The molecule has 35 heavy (non-hydrogen) atoms. The summed E-state index contributed by atoms with van der Waals surface area (Å²) in [4.78, 5) is 33.4. The lowest BCUT2D eigenvalue weighted by molar-refractivity contribution is -0.138. The zero-order valence-corrected chi connectivity index (χ0v) is 20.8. The first-order valence-electron chi connectivity index (χ1n) is 11.1. The molecule has 0 aliphatic carbocycles. The van der Waals surface area contributed by atoms with Gasteiger partial charge in [-0.15, -0.1) is 11.3 Å². The minimum atomic E-state index is -0.697. The quantitative estimate of drug-likeness (QED) is 0.374. The molecule has 8 heteroatoms. The highest BCUT2D eigenvalue weighted by molar-refractivity contribution is 7.11. The van der Waals surface area contributed by atoms with Crippen LogP contribution in [0.5, 0.6) is 5.75 Å². The Morgan fingerprint density at radius 1 is 1.09 bits per heavy atom. The van der Waals surface area contributed by atoms with Gasteiger partial charge in [0.2, 0.25) is 0 Å². The van der Waals surface area contributed by atoms with Crippen LogP contribution in [-0.2, 0) is 9.53 Å². The van der Waals surface area contributed by atoms with Gasteiger partial charge in [0.15, 0.2) is 4.80 Å². The Balaban J connectivity index is 1.83. The van der Waals surface area contributed by atoms with Crippen molar-refractivity contribution in [3.63, 3.8) is 0 Å². The molecule has 0 spiro atoms. The second-order valence-electron chi connectivity index (χ2n) is 7.72. The van der Waals surface area contributed by atoms with E-state index in [0.717, 1.165) is 16.0 Å². The fourth-order valence-electron chi connectivity index (χ4n) is 4.04. The highest BCUT2D eigenvalue weighted by Gasteiger charge is 2.35. The van der Waals surface area contributed by atoms with Crippen LogP contribution in [0, 0.1) is 0 Å². The van der Waals surface area contributed by atoms with E-state index in [2.05, 4.69) is 0 Å². The van der Waals surface area contributed by atoms with Crippen molar-refractivity contribution in [2.75, 3.05) is 13.7 Å². The molecule has 0 amide bonds. The second-order valence-corrected chi connectivity index (χ2v) is 9.71. The molecule has 0 saturated heterocycles. The summed E-state index contributed by atoms with van der Waals surface area (Å²) in [6, 6.07) is 20.1. The van der Waals surface area contributed by atoms with Crippen molar-refractivity contribution in [1.29, 1.82) is 0 Å². The molecule has 1 aliphatic rings. The van der Waals surface area contributed by atoms with E-state index in [1.165, 1.54) is 11.3 Å². The number of hydrogen-bond acceptors (Lipinski definition) is 7. The maximum absolute atomic E-state index is 13.7. The zero-order chi connectivity index (χ0) is 24.4. The largest absolute Gasteiger partial charge is 0.497 e. The van der Waals surface area contributed by atoms with Crippen LogP contribution in [0.15, 0.2) is 87.5 Å². The highest BCUT2D eigenvalue weighted by atomic mass is 32.1. The van der Waals surface area contributed by atoms with Crippen molar-refractivity contribution >= 4 is 40.4 Å². The molecule has 4 aromatic rings. The number of rotatable bonds is 6. The minimum absolute atomic E-state index is 0.197. The molecule has 0 radical (unpaired) electrons. The molecular formula is C27H22N2O4S2. The van der Waals surface area contributed by atoms with Gasteiger partial charge in [-0.3, -0.25) is 9.36 Å². The third kappa shape index (κ3) is 4.38. The van der Waals surface area contributed by atoms with E-state index in [1.807, 2.05) is 78.2 Å². The highest BCUT2D eigenvalue weighted by Crippen LogP contribution is 2.35. The predicted molar refractivity (Wildman–Crippen MR) is 138 cm³/mol.